The summed E-state index contributed by atoms with van der Waals surface area (Å²) in [4.78, 5) is 0. The van der Waals surface area contributed by atoms with Gasteiger partial charge in [-0.3, -0.25) is 0 Å². The predicted molar refractivity (Wildman–Crippen MR) is 95.2 cm³/mol. The molecular formula is C19H22ClNO3. The third-order valence-electron chi connectivity index (χ3n) is 4.04. The summed E-state index contributed by atoms with van der Waals surface area (Å²) in [5, 5.41) is 3.98. The average Bonchev–Trinajstić information content (AvgIpc) is 2.61. The van der Waals surface area contributed by atoms with Gasteiger partial charge >= 0.3 is 0 Å². The molecule has 0 amide bonds. The maximum Gasteiger partial charge on any atom is 0.162 e. The largest absolute Gasteiger partial charge is 0.493 e. The number of halogens is 1. The van der Waals surface area contributed by atoms with Crippen molar-refractivity contribution in [1.29, 1.82) is 0 Å². The first kappa shape index (κ1) is 17.1. The van der Waals surface area contributed by atoms with Crippen molar-refractivity contribution >= 4 is 11.6 Å². The number of hydrogen-bond donors (Lipinski definition) is 1. The molecule has 1 aliphatic rings. The van der Waals surface area contributed by atoms with Crippen LogP contribution in [0.15, 0.2) is 42.5 Å². The number of ether oxygens (including phenoxy) is 3. The van der Waals surface area contributed by atoms with Gasteiger partial charge in [0.15, 0.2) is 17.6 Å². The number of morpholine rings is 1. The molecule has 2 atom stereocenters. The number of hydrogen-bond acceptors (Lipinski definition) is 4. The first-order valence-corrected chi connectivity index (χ1v) is 8.44. The molecule has 1 N–H and O–H groups in total. The number of nitrogens with one attached hydrogen (secondary N) is 1. The van der Waals surface area contributed by atoms with Gasteiger partial charge in [0.1, 0.15) is 6.10 Å². The Hall–Kier alpha value is -1.75. The van der Waals surface area contributed by atoms with Crippen LogP contribution in [0, 0.1) is 6.92 Å². The number of benzene rings is 2. The van der Waals surface area contributed by atoms with E-state index in [1.807, 2.05) is 12.1 Å². The van der Waals surface area contributed by atoms with E-state index in [9.17, 15) is 0 Å². The highest BCUT2D eigenvalue weighted by Gasteiger charge is 2.29. The van der Waals surface area contributed by atoms with Crippen molar-refractivity contribution in [3.8, 4) is 11.5 Å². The number of aryl methyl sites for hydroxylation is 1. The lowest BCUT2D eigenvalue weighted by Gasteiger charge is -2.32. The fraction of sp³-hybridized carbons (Fsp3) is 0.368. The minimum atomic E-state index is -0.229. The van der Waals surface area contributed by atoms with Crippen LogP contribution >= 0.6 is 11.6 Å². The Labute approximate surface area is 147 Å². The van der Waals surface area contributed by atoms with Gasteiger partial charge in [-0.15, -0.1) is 0 Å². The summed E-state index contributed by atoms with van der Waals surface area (Å²) < 4.78 is 17.7. The van der Waals surface area contributed by atoms with Gasteiger partial charge in [0.2, 0.25) is 0 Å². The molecule has 0 radical (unpaired) electrons. The van der Waals surface area contributed by atoms with E-state index < -0.39 is 0 Å². The van der Waals surface area contributed by atoms with Crippen molar-refractivity contribution in [3.05, 3.63) is 58.6 Å². The van der Waals surface area contributed by atoms with Crippen LogP contribution in [0.3, 0.4) is 0 Å². The molecule has 0 unspecified atom stereocenters. The maximum absolute atomic E-state index is 6.32. The van der Waals surface area contributed by atoms with E-state index in [2.05, 4.69) is 30.4 Å². The quantitative estimate of drug-likeness (QED) is 0.893. The standard InChI is InChI=1S/C19H22ClNO3/c1-13-4-3-5-14(10-13)19(18-12-21-8-9-23-18)24-16-7-6-15(20)11-17(16)22-2/h3-7,10-11,18-19,21H,8-9,12H2,1-2H3/t18-,19-/m0/s1. The van der Waals surface area contributed by atoms with Crippen LogP contribution in [-0.4, -0.2) is 32.9 Å². The molecule has 0 saturated carbocycles. The van der Waals surface area contributed by atoms with Gasteiger partial charge in [0.05, 0.1) is 13.7 Å². The Morgan fingerprint density at radius 2 is 2.08 bits per heavy atom. The molecule has 0 aliphatic carbocycles. The van der Waals surface area contributed by atoms with E-state index in [1.165, 1.54) is 5.56 Å². The van der Waals surface area contributed by atoms with Gasteiger partial charge < -0.3 is 19.5 Å². The first-order chi connectivity index (χ1) is 11.7. The van der Waals surface area contributed by atoms with Crippen molar-refractivity contribution in [1.82, 2.24) is 5.32 Å². The van der Waals surface area contributed by atoms with Gasteiger partial charge in [-0.25, -0.2) is 0 Å². The second-order valence-corrected chi connectivity index (χ2v) is 6.30. The molecule has 2 aromatic carbocycles. The molecule has 1 fully saturated rings. The summed E-state index contributed by atoms with van der Waals surface area (Å²) >= 11 is 6.05. The van der Waals surface area contributed by atoms with Crippen molar-refractivity contribution in [2.75, 3.05) is 26.8 Å². The van der Waals surface area contributed by atoms with Crippen molar-refractivity contribution in [2.24, 2.45) is 0 Å². The average molecular weight is 348 g/mol. The molecule has 0 aromatic heterocycles. The van der Waals surface area contributed by atoms with Gasteiger partial charge in [-0.1, -0.05) is 41.4 Å². The number of rotatable bonds is 5. The summed E-state index contributed by atoms with van der Waals surface area (Å²) in [5.41, 5.74) is 2.27. The maximum atomic E-state index is 6.32. The molecule has 5 heteroatoms. The smallest absolute Gasteiger partial charge is 0.162 e. The third-order valence-corrected chi connectivity index (χ3v) is 4.28. The molecule has 0 bridgehead atoms. The topological polar surface area (TPSA) is 39.7 Å². The van der Waals surface area contributed by atoms with Crippen LogP contribution in [0.4, 0.5) is 0 Å². The van der Waals surface area contributed by atoms with Gasteiger partial charge in [0.25, 0.3) is 0 Å². The fourth-order valence-corrected chi connectivity index (χ4v) is 3.02. The summed E-state index contributed by atoms with van der Waals surface area (Å²) in [6.45, 7) is 4.35. The minimum Gasteiger partial charge on any atom is -0.493 e. The van der Waals surface area contributed by atoms with Crippen LogP contribution in [0.2, 0.25) is 5.02 Å². The Kier molecular flexibility index (Phi) is 5.61. The summed E-state index contributed by atoms with van der Waals surface area (Å²) in [5.74, 6) is 1.27. The molecule has 1 saturated heterocycles. The Morgan fingerprint density at radius 3 is 2.79 bits per heavy atom. The van der Waals surface area contributed by atoms with Crippen molar-refractivity contribution in [3.63, 3.8) is 0 Å². The highest BCUT2D eigenvalue weighted by Crippen LogP contribution is 2.35. The van der Waals surface area contributed by atoms with Crippen LogP contribution in [-0.2, 0) is 4.74 Å². The molecular weight excluding hydrogens is 326 g/mol. The van der Waals surface area contributed by atoms with Crippen LogP contribution < -0.4 is 14.8 Å². The van der Waals surface area contributed by atoms with E-state index in [1.54, 1.807) is 19.2 Å². The van der Waals surface area contributed by atoms with E-state index in [0.29, 0.717) is 23.1 Å². The zero-order valence-corrected chi connectivity index (χ0v) is 14.7. The van der Waals surface area contributed by atoms with Crippen molar-refractivity contribution < 1.29 is 14.2 Å². The molecule has 4 nitrogen and oxygen atoms in total. The zero-order valence-electron chi connectivity index (χ0n) is 13.9. The van der Waals surface area contributed by atoms with Gasteiger partial charge in [0, 0.05) is 24.2 Å². The van der Waals surface area contributed by atoms with Crippen molar-refractivity contribution in [2.45, 2.75) is 19.1 Å². The van der Waals surface area contributed by atoms with E-state index in [-0.39, 0.29) is 12.2 Å². The lowest BCUT2D eigenvalue weighted by Crippen LogP contribution is -2.43. The SMILES string of the molecule is COc1cc(Cl)ccc1O[C@@H](c1cccc(C)c1)[C@@H]1CNCCO1. The third kappa shape index (κ3) is 4.01. The molecule has 3 rings (SSSR count). The van der Waals surface area contributed by atoms with E-state index in [4.69, 9.17) is 25.8 Å². The fourth-order valence-electron chi connectivity index (χ4n) is 2.86. The van der Waals surface area contributed by atoms with Gasteiger partial charge in [-0.05, 0) is 24.6 Å². The Morgan fingerprint density at radius 1 is 1.21 bits per heavy atom. The second kappa shape index (κ2) is 7.88. The van der Waals surface area contributed by atoms with Gasteiger partial charge in [-0.2, -0.15) is 0 Å². The first-order valence-electron chi connectivity index (χ1n) is 8.06. The Balaban J connectivity index is 1.92. The normalized spacial score (nSPS) is 18.9. The highest BCUT2D eigenvalue weighted by atomic mass is 35.5. The molecule has 1 aliphatic heterocycles. The monoisotopic (exact) mass is 347 g/mol. The summed E-state index contributed by atoms with van der Waals surface area (Å²) in [6.07, 6.45) is -0.297. The highest BCUT2D eigenvalue weighted by molar-refractivity contribution is 6.30. The summed E-state index contributed by atoms with van der Waals surface area (Å²) in [6, 6.07) is 13.7. The van der Waals surface area contributed by atoms with E-state index >= 15 is 0 Å². The van der Waals surface area contributed by atoms with Crippen LogP contribution in [0.5, 0.6) is 11.5 Å². The second-order valence-electron chi connectivity index (χ2n) is 5.86. The van der Waals surface area contributed by atoms with Crippen LogP contribution in [0.25, 0.3) is 0 Å². The molecule has 1 heterocycles. The minimum absolute atomic E-state index is 0.0686. The van der Waals surface area contributed by atoms with E-state index in [0.717, 1.165) is 18.7 Å². The lowest BCUT2D eigenvalue weighted by atomic mass is 10.0. The molecule has 0 spiro atoms. The molecule has 128 valence electrons. The lowest BCUT2D eigenvalue weighted by molar-refractivity contribution is -0.0438. The summed E-state index contributed by atoms with van der Waals surface area (Å²) in [7, 11) is 1.61. The van der Waals surface area contributed by atoms with Crippen LogP contribution in [0.1, 0.15) is 17.2 Å². The predicted octanol–water partition coefficient (Wildman–Crippen LogP) is 3.77. The molecule has 2 aromatic rings. The zero-order chi connectivity index (χ0) is 16.9. The number of methoxy groups -OCH3 is 1. The molecule has 24 heavy (non-hydrogen) atoms. The Bertz CT molecular complexity index is 686.